The van der Waals surface area contributed by atoms with Gasteiger partial charge in [-0.25, -0.2) is 4.57 Å². The van der Waals surface area contributed by atoms with E-state index in [1.807, 2.05) is 6.08 Å². The average molecular weight is 464 g/mol. The van der Waals surface area contributed by atoms with Crippen LogP contribution in [0.5, 0.6) is 0 Å². The first-order valence-electron chi connectivity index (χ1n) is 12.2. The molecule has 0 spiro atoms. The summed E-state index contributed by atoms with van der Waals surface area (Å²) >= 11 is 0. The molecule has 0 fully saturated rings. The Morgan fingerprint density at radius 2 is 1.32 bits per heavy atom. The number of nitrogens with one attached hydrogen (secondary N) is 1. The SMILES string of the molecule is CCCCCCCCCCCCCCCCCC=CC(=O)NCC(O)COP(=O)(O)O. The Labute approximate surface area is 189 Å². The second-order valence-electron chi connectivity index (χ2n) is 8.33. The zero-order valence-corrected chi connectivity index (χ0v) is 20.4. The lowest BCUT2D eigenvalue weighted by atomic mass is 10.0. The normalized spacial score (nSPS) is 13.0. The quantitative estimate of drug-likeness (QED) is 0.0972. The number of phosphoric acid groups is 1. The predicted molar refractivity (Wildman–Crippen MR) is 126 cm³/mol. The topological polar surface area (TPSA) is 116 Å². The minimum absolute atomic E-state index is 0.123. The Morgan fingerprint density at radius 1 is 0.871 bits per heavy atom. The molecule has 0 aromatic carbocycles. The van der Waals surface area contributed by atoms with Crippen LogP contribution in [0.25, 0.3) is 0 Å². The van der Waals surface area contributed by atoms with Gasteiger partial charge in [-0.3, -0.25) is 9.32 Å². The maximum absolute atomic E-state index is 11.6. The number of phosphoric ester groups is 1. The molecular weight excluding hydrogens is 417 g/mol. The monoisotopic (exact) mass is 463 g/mol. The number of unbranched alkanes of at least 4 members (excludes halogenated alkanes) is 15. The molecule has 1 atom stereocenters. The molecule has 0 bridgehead atoms. The van der Waals surface area contributed by atoms with E-state index in [0.29, 0.717) is 0 Å². The fraction of sp³-hybridized carbons (Fsp3) is 0.870. The molecule has 1 amide bonds. The summed E-state index contributed by atoms with van der Waals surface area (Å²) in [5.74, 6) is -0.337. The average Bonchev–Trinajstić information content (AvgIpc) is 2.72. The highest BCUT2D eigenvalue weighted by atomic mass is 31.2. The molecule has 184 valence electrons. The summed E-state index contributed by atoms with van der Waals surface area (Å²) < 4.78 is 14.7. The Hall–Kier alpha value is -0.720. The van der Waals surface area contributed by atoms with Gasteiger partial charge < -0.3 is 20.2 Å². The minimum Gasteiger partial charge on any atom is -0.389 e. The third kappa shape index (κ3) is 25.4. The van der Waals surface area contributed by atoms with Crippen molar-refractivity contribution in [2.45, 2.75) is 116 Å². The van der Waals surface area contributed by atoms with Gasteiger partial charge >= 0.3 is 7.82 Å². The zero-order chi connectivity index (χ0) is 23.2. The van der Waals surface area contributed by atoms with E-state index < -0.39 is 20.5 Å². The lowest BCUT2D eigenvalue weighted by Gasteiger charge is -2.11. The van der Waals surface area contributed by atoms with Crippen LogP contribution >= 0.6 is 7.82 Å². The van der Waals surface area contributed by atoms with Crippen molar-refractivity contribution >= 4 is 13.7 Å². The molecule has 31 heavy (non-hydrogen) atoms. The molecular formula is C23H46NO6P. The molecule has 0 aliphatic carbocycles. The van der Waals surface area contributed by atoms with Gasteiger partial charge in [0.05, 0.1) is 12.7 Å². The predicted octanol–water partition coefficient (Wildman–Crippen LogP) is 5.39. The fourth-order valence-corrected chi connectivity index (χ4v) is 3.71. The van der Waals surface area contributed by atoms with Crippen LogP contribution in [-0.4, -0.2) is 40.1 Å². The van der Waals surface area contributed by atoms with Gasteiger partial charge in [-0.15, -0.1) is 0 Å². The van der Waals surface area contributed by atoms with E-state index in [4.69, 9.17) is 9.79 Å². The number of allylic oxidation sites excluding steroid dienone is 1. The van der Waals surface area contributed by atoms with Crippen molar-refractivity contribution in [3.05, 3.63) is 12.2 Å². The Morgan fingerprint density at radius 3 is 1.77 bits per heavy atom. The first-order valence-corrected chi connectivity index (χ1v) is 13.7. The number of carbonyl (C=O) groups is 1. The number of aliphatic hydroxyl groups is 1. The van der Waals surface area contributed by atoms with E-state index in [9.17, 15) is 14.5 Å². The smallest absolute Gasteiger partial charge is 0.389 e. The van der Waals surface area contributed by atoms with E-state index >= 15 is 0 Å². The van der Waals surface area contributed by atoms with E-state index in [2.05, 4.69) is 16.8 Å². The Bertz CT molecular complexity index is 494. The fourth-order valence-electron chi connectivity index (χ4n) is 3.34. The van der Waals surface area contributed by atoms with Crippen molar-refractivity contribution in [3.8, 4) is 0 Å². The van der Waals surface area contributed by atoms with Gasteiger partial charge in [0, 0.05) is 6.54 Å². The van der Waals surface area contributed by atoms with Crippen LogP contribution in [0.3, 0.4) is 0 Å². The largest absolute Gasteiger partial charge is 0.469 e. The lowest BCUT2D eigenvalue weighted by molar-refractivity contribution is -0.117. The molecule has 7 nitrogen and oxygen atoms in total. The van der Waals surface area contributed by atoms with Gasteiger partial charge in [0.1, 0.15) is 0 Å². The highest BCUT2D eigenvalue weighted by molar-refractivity contribution is 7.46. The molecule has 1 unspecified atom stereocenters. The third-order valence-electron chi connectivity index (χ3n) is 5.19. The summed E-state index contributed by atoms with van der Waals surface area (Å²) in [6, 6.07) is 0. The molecule has 0 aliphatic heterocycles. The van der Waals surface area contributed by atoms with Crippen molar-refractivity contribution in [2.75, 3.05) is 13.2 Å². The number of rotatable bonds is 22. The molecule has 8 heteroatoms. The summed E-state index contributed by atoms with van der Waals surface area (Å²) in [5.41, 5.74) is 0. The summed E-state index contributed by atoms with van der Waals surface area (Å²) in [6.07, 6.45) is 22.8. The van der Waals surface area contributed by atoms with E-state index in [1.54, 1.807) is 0 Å². The van der Waals surface area contributed by atoms with Crippen LogP contribution in [0.2, 0.25) is 0 Å². The minimum atomic E-state index is -4.60. The first kappa shape index (κ1) is 30.3. The Balaban J connectivity index is 3.36. The van der Waals surface area contributed by atoms with Crippen LogP contribution in [0.15, 0.2) is 12.2 Å². The van der Waals surface area contributed by atoms with Crippen LogP contribution in [0.1, 0.15) is 110 Å². The zero-order valence-electron chi connectivity index (χ0n) is 19.5. The van der Waals surface area contributed by atoms with E-state index in [1.165, 1.54) is 96.0 Å². The molecule has 0 rings (SSSR count). The van der Waals surface area contributed by atoms with Crippen molar-refractivity contribution < 1.29 is 28.8 Å². The summed E-state index contributed by atoms with van der Waals surface area (Å²) in [5, 5.41) is 11.9. The lowest BCUT2D eigenvalue weighted by Crippen LogP contribution is -2.33. The summed E-state index contributed by atoms with van der Waals surface area (Å²) in [4.78, 5) is 28.7. The molecule has 0 heterocycles. The van der Waals surface area contributed by atoms with Crippen molar-refractivity contribution in [1.29, 1.82) is 0 Å². The van der Waals surface area contributed by atoms with Crippen LogP contribution in [0, 0.1) is 0 Å². The van der Waals surface area contributed by atoms with Crippen LogP contribution in [0.4, 0.5) is 0 Å². The van der Waals surface area contributed by atoms with Crippen LogP contribution in [-0.2, 0) is 13.9 Å². The number of hydrogen-bond donors (Lipinski definition) is 4. The molecule has 4 N–H and O–H groups in total. The molecule has 0 aromatic heterocycles. The summed E-state index contributed by atoms with van der Waals surface area (Å²) in [7, 11) is -4.60. The van der Waals surface area contributed by atoms with Gasteiger partial charge in [-0.1, -0.05) is 103 Å². The number of hydrogen-bond acceptors (Lipinski definition) is 4. The summed E-state index contributed by atoms with van der Waals surface area (Å²) in [6.45, 7) is 1.60. The number of amides is 1. The maximum atomic E-state index is 11.6. The standard InChI is InChI=1S/C23H46NO6P/c1-2-3-4-5-6-7-8-9-10-11-12-13-14-15-16-17-18-19-23(26)24-20-22(25)21-30-31(27,28)29/h18-19,22,25H,2-17,20-21H2,1H3,(H,24,26)(H2,27,28,29). The van der Waals surface area contributed by atoms with Gasteiger partial charge in [-0.2, -0.15) is 0 Å². The molecule has 0 aliphatic rings. The van der Waals surface area contributed by atoms with Gasteiger partial charge in [0.25, 0.3) is 0 Å². The second kappa shape index (κ2) is 21.1. The van der Waals surface area contributed by atoms with Gasteiger partial charge in [-0.05, 0) is 18.9 Å². The van der Waals surface area contributed by atoms with Crippen molar-refractivity contribution in [1.82, 2.24) is 5.32 Å². The second-order valence-corrected chi connectivity index (χ2v) is 9.57. The van der Waals surface area contributed by atoms with Gasteiger partial charge in [0.15, 0.2) is 0 Å². The van der Waals surface area contributed by atoms with E-state index in [-0.39, 0.29) is 12.5 Å². The number of carbonyl (C=O) groups excluding carboxylic acids is 1. The van der Waals surface area contributed by atoms with Crippen LogP contribution < -0.4 is 5.32 Å². The third-order valence-corrected chi connectivity index (χ3v) is 5.68. The highest BCUT2D eigenvalue weighted by Gasteiger charge is 2.16. The van der Waals surface area contributed by atoms with Gasteiger partial charge in [0.2, 0.25) is 5.91 Å². The highest BCUT2D eigenvalue weighted by Crippen LogP contribution is 2.35. The molecule has 0 radical (unpaired) electrons. The van der Waals surface area contributed by atoms with Crippen molar-refractivity contribution in [3.63, 3.8) is 0 Å². The molecule has 0 saturated heterocycles. The molecule has 0 saturated carbocycles. The maximum Gasteiger partial charge on any atom is 0.469 e. The van der Waals surface area contributed by atoms with Crippen molar-refractivity contribution in [2.24, 2.45) is 0 Å². The first-order chi connectivity index (χ1) is 14.8. The molecule has 0 aromatic rings. The Kier molecular flexibility index (Phi) is 20.7. The number of aliphatic hydroxyl groups excluding tert-OH is 1. The van der Waals surface area contributed by atoms with E-state index in [0.717, 1.165) is 12.8 Å².